The molecule has 4 aromatic rings. The Bertz CT molecular complexity index is 1210. The van der Waals surface area contributed by atoms with Crippen molar-refractivity contribution >= 4 is 44.6 Å². The summed E-state index contributed by atoms with van der Waals surface area (Å²) in [4.78, 5) is 13.6. The SMILES string of the molecule is CCOCCn1c2ccc(C(=O)c3cccs3)cc2c2cc(/C(C)=N/O)ccc21. The Balaban J connectivity index is 1.91. The molecule has 0 fully saturated rings. The van der Waals surface area contributed by atoms with Crippen molar-refractivity contribution in [2.75, 3.05) is 13.2 Å². The molecule has 0 saturated heterocycles. The molecule has 1 N–H and O–H groups in total. The number of fused-ring (bicyclic) bond motifs is 3. The van der Waals surface area contributed by atoms with Gasteiger partial charge in [0.15, 0.2) is 0 Å². The van der Waals surface area contributed by atoms with Crippen molar-refractivity contribution in [2.45, 2.75) is 20.4 Å². The van der Waals surface area contributed by atoms with Gasteiger partial charge in [0, 0.05) is 40.5 Å². The van der Waals surface area contributed by atoms with E-state index in [-0.39, 0.29) is 5.78 Å². The van der Waals surface area contributed by atoms with Crippen LogP contribution in [-0.2, 0) is 11.3 Å². The fraction of sp³-hybridized carbons (Fsp3) is 0.217. The Morgan fingerprint density at radius 1 is 1.10 bits per heavy atom. The molecular formula is C23H22N2O3S. The molecule has 0 unspecified atom stereocenters. The average Bonchev–Trinajstić information content (AvgIpc) is 3.39. The molecule has 0 aliphatic heterocycles. The first kappa shape index (κ1) is 19.4. The lowest BCUT2D eigenvalue weighted by Crippen LogP contribution is -2.06. The molecule has 29 heavy (non-hydrogen) atoms. The molecule has 2 aromatic carbocycles. The van der Waals surface area contributed by atoms with Crippen molar-refractivity contribution in [1.82, 2.24) is 4.57 Å². The highest BCUT2D eigenvalue weighted by Gasteiger charge is 2.16. The molecular weight excluding hydrogens is 384 g/mol. The zero-order chi connectivity index (χ0) is 20.4. The zero-order valence-corrected chi connectivity index (χ0v) is 17.2. The first-order valence-electron chi connectivity index (χ1n) is 9.55. The van der Waals surface area contributed by atoms with Gasteiger partial charge < -0.3 is 14.5 Å². The van der Waals surface area contributed by atoms with Gasteiger partial charge in [0.1, 0.15) is 0 Å². The third-order valence-corrected chi connectivity index (χ3v) is 5.97. The largest absolute Gasteiger partial charge is 0.411 e. The van der Waals surface area contributed by atoms with Crippen LogP contribution in [0.15, 0.2) is 59.1 Å². The van der Waals surface area contributed by atoms with E-state index in [9.17, 15) is 4.79 Å². The zero-order valence-electron chi connectivity index (χ0n) is 16.4. The van der Waals surface area contributed by atoms with Gasteiger partial charge in [-0.25, -0.2) is 0 Å². The summed E-state index contributed by atoms with van der Waals surface area (Å²) in [5.41, 5.74) is 4.18. The Kier molecular flexibility index (Phi) is 5.47. The number of hydrogen-bond donors (Lipinski definition) is 1. The highest BCUT2D eigenvalue weighted by Crippen LogP contribution is 2.31. The van der Waals surface area contributed by atoms with Gasteiger partial charge in [-0.2, -0.15) is 0 Å². The summed E-state index contributed by atoms with van der Waals surface area (Å²) in [6.07, 6.45) is 0. The molecule has 0 aliphatic carbocycles. The number of oxime groups is 1. The van der Waals surface area contributed by atoms with Gasteiger partial charge in [-0.15, -0.1) is 11.3 Å². The molecule has 0 radical (unpaired) electrons. The Hall–Kier alpha value is -2.96. The van der Waals surface area contributed by atoms with Crippen molar-refractivity contribution in [2.24, 2.45) is 5.16 Å². The second-order valence-electron chi connectivity index (χ2n) is 6.80. The number of rotatable bonds is 7. The number of hydrogen-bond acceptors (Lipinski definition) is 5. The molecule has 0 atom stereocenters. The summed E-state index contributed by atoms with van der Waals surface area (Å²) in [5.74, 6) is 0.0290. The minimum absolute atomic E-state index is 0.0290. The molecule has 2 heterocycles. The first-order chi connectivity index (χ1) is 14.1. The summed E-state index contributed by atoms with van der Waals surface area (Å²) >= 11 is 1.45. The van der Waals surface area contributed by atoms with Gasteiger partial charge >= 0.3 is 0 Å². The number of ketones is 1. The molecule has 2 aromatic heterocycles. The molecule has 0 saturated carbocycles. The molecule has 0 aliphatic rings. The lowest BCUT2D eigenvalue weighted by atomic mass is 10.0. The van der Waals surface area contributed by atoms with E-state index < -0.39 is 0 Å². The number of nitrogens with zero attached hydrogens (tertiary/aromatic N) is 2. The molecule has 6 heteroatoms. The quantitative estimate of drug-likeness (QED) is 0.148. The first-order valence-corrected chi connectivity index (χ1v) is 10.4. The Labute approximate surface area is 172 Å². The number of aromatic nitrogens is 1. The van der Waals surface area contributed by atoms with E-state index in [4.69, 9.17) is 9.94 Å². The van der Waals surface area contributed by atoms with E-state index in [1.165, 1.54) is 11.3 Å². The highest BCUT2D eigenvalue weighted by molar-refractivity contribution is 7.12. The third-order valence-electron chi connectivity index (χ3n) is 5.10. The van der Waals surface area contributed by atoms with E-state index in [1.807, 2.05) is 60.8 Å². The minimum atomic E-state index is 0.0290. The number of carbonyl (C=O) groups excluding carboxylic acids is 1. The second-order valence-corrected chi connectivity index (χ2v) is 7.75. The van der Waals surface area contributed by atoms with Gasteiger partial charge in [-0.05, 0) is 61.2 Å². The van der Waals surface area contributed by atoms with Crippen molar-refractivity contribution in [1.29, 1.82) is 0 Å². The lowest BCUT2D eigenvalue weighted by molar-refractivity contribution is 0.104. The van der Waals surface area contributed by atoms with Crippen molar-refractivity contribution in [3.8, 4) is 0 Å². The van der Waals surface area contributed by atoms with Crippen LogP contribution in [0.1, 0.15) is 34.6 Å². The maximum atomic E-state index is 12.9. The van der Waals surface area contributed by atoms with E-state index in [0.717, 1.165) is 38.8 Å². The van der Waals surface area contributed by atoms with Crippen LogP contribution in [0, 0.1) is 0 Å². The maximum absolute atomic E-state index is 12.9. The van der Waals surface area contributed by atoms with Gasteiger partial charge in [0.05, 0.1) is 17.2 Å². The summed E-state index contributed by atoms with van der Waals surface area (Å²) in [5, 5.41) is 16.4. The van der Waals surface area contributed by atoms with E-state index in [0.29, 0.717) is 24.5 Å². The maximum Gasteiger partial charge on any atom is 0.202 e. The molecule has 0 amide bonds. The van der Waals surface area contributed by atoms with Crippen LogP contribution in [0.5, 0.6) is 0 Å². The molecule has 0 spiro atoms. The standard InChI is InChI=1S/C23H22N2O3S/c1-3-28-11-10-25-20-8-6-16(15(2)24-27)13-18(20)19-14-17(7-9-21(19)25)23(26)22-5-4-12-29-22/h4-9,12-14,27H,3,10-11H2,1-2H3/b24-15+. The van der Waals surface area contributed by atoms with Crippen LogP contribution in [0.3, 0.4) is 0 Å². The van der Waals surface area contributed by atoms with Crippen LogP contribution in [-0.4, -0.2) is 34.5 Å². The van der Waals surface area contributed by atoms with Gasteiger partial charge in [-0.3, -0.25) is 4.79 Å². The van der Waals surface area contributed by atoms with Gasteiger partial charge in [0.2, 0.25) is 5.78 Å². The van der Waals surface area contributed by atoms with E-state index in [2.05, 4.69) is 9.72 Å². The summed E-state index contributed by atoms with van der Waals surface area (Å²) in [6, 6.07) is 15.6. The molecule has 0 bridgehead atoms. The summed E-state index contributed by atoms with van der Waals surface area (Å²) in [6.45, 7) is 5.76. The van der Waals surface area contributed by atoms with Gasteiger partial charge in [0.25, 0.3) is 0 Å². The smallest absolute Gasteiger partial charge is 0.202 e. The van der Waals surface area contributed by atoms with Crippen LogP contribution in [0.25, 0.3) is 21.8 Å². The topological polar surface area (TPSA) is 63.8 Å². The number of ether oxygens (including phenoxy) is 1. The van der Waals surface area contributed by atoms with Crippen molar-refractivity contribution < 1.29 is 14.7 Å². The predicted octanol–water partition coefficient (Wildman–Crippen LogP) is 5.32. The van der Waals surface area contributed by atoms with Crippen molar-refractivity contribution in [3.05, 3.63) is 69.9 Å². The minimum Gasteiger partial charge on any atom is -0.411 e. The lowest BCUT2D eigenvalue weighted by Gasteiger charge is -2.08. The Morgan fingerprint density at radius 2 is 1.79 bits per heavy atom. The van der Waals surface area contributed by atoms with Crippen LogP contribution in [0.2, 0.25) is 0 Å². The van der Waals surface area contributed by atoms with E-state index in [1.54, 1.807) is 6.92 Å². The van der Waals surface area contributed by atoms with Crippen LogP contribution in [0.4, 0.5) is 0 Å². The van der Waals surface area contributed by atoms with Gasteiger partial charge in [-0.1, -0.05) is 17.3 Å². The number of thiophene rings is 1. The van der Waals surface area contributed by atoms with Crippen LogP contribution < -0.4 is 0 Å². The van der Waals surface area contributed by atoms with Crippen LogP contribution >= 0.6 is 11.3 Å². The number of carbonyl (C=O) groups is 1. The fourth-order valence-electron chi connectivity index (χ4n) is 3.62. The second kappa shape index (κ2) is 8.19. The normalized spacial score (nSPS) is 12.1. The average molecular weight is 407 g/mol. The third kappa shape index (κ3) is 3.57. The predicted molar refractivity (Wildman–Crippen MR) is 118 cm³/mol. The summed E-state index contributed by atoms with van der Waals surface area (Å²) < 4.78 is 7.79. The number of benzene rings is 2. The molecule has 4 rings (SSSR count). The monoisotopic (exact) mass is 406 g/mol. The fourth-order valence-corrected chi connectivity index (χ4v) is 4.30. The summed E-state index contributed by atoms with van der Waals surface area (Å²) in [7, 11) is 0. The van der Waals surface area contributed by atoms with Crippen molar-refractivity contribution in [3.63, 3.8) is 0 Å². The highest BCUT2D eigenvalue weighted by atomic mass is 32.1. The molecule has 148 valence electrons. The Morgan fingerprint density at radius 3 is 2.41 bits per heavy atom. The van der Waals surface area contributed by atoms with E-state index >= 15 is 0 Å². The molecule has 5 nitrogen and oxygen atoms in total.